The van der Waals surface area contributed by atoms with Crippen molar-refractivity contribution in [3.8, 4) is 0 Å². The van der Waals surface area contributed by atoms with Crippen LogP contribution < -0.4 is 11.5 Å². The van der Waals surface area contributed by atoms with E-state index in [1.807, 2.05) is 6.07 Å². The molecule has 0 saturated carbocycles. The summed E-state index contributed by atoms with van der Waals surface area (Å²) in [7, 11) is 3.13. The maximum Gasteiger partial charge on any atom is 0.172 e. The number of ether oxygens (including phenoxy) is 2. The normalized spacial score (nSPS) is 13.1. The second-order valence-corrected chi connectivity index (χ2v) is 3.30. The van der Waals surface area contributed by atoms with Gasteiger partial charge in [0.2, 0.25) is 0 Å². The van der Waals surface area contributed by atoms with Gasteiger partial charge in [-0.2, -0.15) is 0 Å². The standard InChI is InChI=1S/C10H17N3O2/c1-14-10(15-2)8(11)5-7-3-4-13-9(12)6-7/h3-4,6,8,10H,5,11H2,1-2H3,(H2,12,13). The summed E-state index contributed by atoms with van der Waals surface area (Å²) in [5.41, 5.74) is 12.5. The van der Waals surface area contributed by atoms with Gasteiger partial charge in [0.1, 0.15) is 5.82 Å². The Hall–Kier alpha value is -1.17. The van der Waals surface area contributed by atoms with Gasteiger partial charge in [0.05, 0.1) is 6.04 Å². The molecular formula is C10H17N3O2. The summed E-state index contributed by atoms with van der Waals surface area (Å²) in [5, 5.41) is 0. The SMILES string of the molecule is COC(OC)C(N)Cc1ccnc(N)c1. The van der Waals surface area contributed by atoms with Gasteiger partial charge in [-0.1, -0.05) is 0 Å². The third-order valence-corrected chi connectivity index (χ3v) is 2.13. The maximum absolute atomic E-state index is 5.91. The van der Waals surface area contributed by atoms with Gasteiger partial charge in [-0.05, 0) is 24.1 Å². The molecular weight excluding hydrogens is 194 g/mol. The van der Waals surface area contributed by atoms with Crippen molar-refractivity contribution in [3.05, 3.63) is 23.9 Å². The van der Waals surface area contributed by atoms with Crippen molar-refractivity contribution in [3.63, 3.8) is 0 Å². The highest BCUT2D eigenvalue weighted by Gasteiger charge is 2.16. The Labute approximate surface area is 89.4 Å². The quantitative estimate of drug-likeness (QED) is 0.677. The van der Waals surface area contributed by atoms with Crippen LogP contribution in [0.2, 0.25) is 0 Å². The van der Waals surface area contributed by atoms with Gasteiger partial charge >= 0.3 is 0 Å². The first-order valence-corrected chi connectivity index (χ1v) is 4.69. The average molecular weight is 211 g/mol. The predicted octanol–water partition coefficient (Wildman–Crippen LogP) is 0.153. The Morgan fingerprint density at radius 2 is 2.07 bits per heavy atom. The third kappa shape index (κ3) is 3.47. The van der Waals surface area contributed by atoms with Crippen LogP contribution in [0.4, 0.5) is 5.82 Å². The smallest absolute Gasteiger partial charge is 0.172 e. The largest absolute Gasteiger partial charge is 0.384 e. The fourth-order valence-electron chi connectivity index (χ4n) is 1.44. The number of nitrogen functional groups attached to an aromatic ring is 1. The molecule has 0 aliphatic rings. The van der Waals surface area contributed by atoms with Crippen molar-refractivity contribution >= 4 is 5.82 Å². The fraction of sp³-hybridized carbons (Fsp3) is 0.500. The Bertz CT molecular complexity index is 302. The van der Waals surface area contributed by atoms with E-state index in [1.165, 1.54) is 0 Å². The lowest BCUT2D eigenvalue weighted by Gasteiger charge is -2.20. The van der Waals surface area contributed by atoms with Crippen molar-refractivity contribution < 1.29 is 9.47 Å². The summed E-state index contributed by atoms with van der Waals surface area (Å²) in [6, 6.07) is 3.45. The van der Waals surface area contributed by atoms with E-state index in [9.17, 15) is 0 Å². The molecule has 5 heteroatoms. The molecule has 5 nitrogen and oxygen atoms in total. The second-order valence-electron chi connectivity index (χ2n) is 3.30. The van der Waals surface area contributed by atoms with Gasteiger partial charge in [-0.3, -0.25) is 0 Å². The zero-order valence-electron chi connectivity index (χ0n) is 9.01. The number of aromatic nitrogens is 1. The van der Waals surface area contributed by atoms with Crippen LogP contribution in [0.3, 0.4) is 0 Å². The molecule has 0 saturated heterocycles. The first-order valence-electron chi connectivity index (χ1n) is 4.69. The van der Waals surface area contributed by atoms with Gasteiger partial charge in [0, 0.05) is 20.4 Å². The summed E-state index contributed by atoms with van der Waals surface area (Å²) >= 11 is 0. The zero-order chi connectivity index (χ0) is 11.3. The summed E-state index contributed by atoms with van der Waals surface area (Å²) in [6.07, 6.45) is 1.89. The second kappa shape index (κ2) is 5.65. The molecule has 0 aliphatic heterocycles. The van der Waals surface area contributed by atoms with Crippen LogP contribution in [0.1, 0.15) is 5.56 Å². The molecule has 1 aromatic rings. The van der Waals surface area contributed by atoms with Crippen LogP contribution >= 0.6 is 0 Å². The first-order chi connectivity index (χ1) is 7.17. The number of nitrogens with zero attached hydrogens (tertiary/aromatic N) is 1. The van der Waals surface area contributed by atoms with Crippen molar-refractivity contribution in [2.24, 2.45) is 5.73 Å². The lowest BCUT2D eigenvalue weighted by Crippen LogP contribution is -2.39. The highest BCUT2D eigenvalue weighted by Crippen LogP contribution is 2.08. The number of anilines is 1. The molecule has 0 aromatic carbocycles. The van der Waals surface area contributed by atoms with Crippen LogP contribution in [0.25, 0.3) is 0 Å². The molecule has 4 N–H and O–H groups in total. The third-order valence-electron chi connectivity index (χ3n) is 2.13. The Morgan fingerprint density at radius 1 is 1.40 bits per heavy atom. The molecule has 1 aromatic heterocycles. The summed E-state index contributed by atoms with van der Waals surface area (Å²) in [5.74, 6) is 0.492. The van der Waals surface area contributed by atoms with Crippen LogP contribution in [0.5, 0.6) is 0 Å². The molecule has 1 unspecified atom stereocenters. The first kappa shape index (κ1) is 11.9. The van der Waals surface area contributed by atoms with Crippen molar-refractivity contribution in [1.82, 2.24) is 4.98 Å². The van der Waals surface area contributed by atoms with Crippen LogP contribution in [-0.2, 0) is 15.9 Å². The zero-order valence-corrected chi connectivity index (χ0v) is 9.01. The highest BCUT2D eigenvalue weighted by atomic mass is 16.7. The van der Waals surface area contributed by atoms with Crippen molar-refractivity contribution in [2.75, 3.05) is 20.0 Å². The van der Waals surface area contributed by atoms with Gasteiger partial charge in [0.25, 0.3) is 0 Å². The molecule has 0 spiro atoms. The summed E-state index contributed by atoms with van der Waals surface area (Å²) in [4.78, 5) is 3.91. The van der Waals surface area contributed by atoms with Crippen molar-refractivity contribution in [1.29, 1.82) is 0 Å². The molecule has 1 rings (SSSR count). The van der Waals surface area contributed by atoms with Gasteiger partial charge < -0.3 is 20.9 Å². The van der Waals surface area contributed by atoms with E-state index in [2.05, 4.69) is 4.98 Å². The lowest BCUT2D eigenvalue weighted by atomic mass is 10.1. The van der Waals surface area contributed by atoms with E-state index in [4.69, 9.17) is 20.9 Å². The fourth-order valence-corrected chi connectivity index (χ4v) is 1.44. The van der Waals surface area contributed by atoms with Gasteiger partial charge in [-0.25, -0.2) is 4.98 Å². The topological polar surface area (TPSA) is 83.4 Å². The van der Waals surface area contributed by atoms with Crippen LogP contribution in [0, 0.1) is 0 Å². The molecule has 1 atom stereocenters. The van der Waals surface area contributed by atoms with E-state index in [-0.39, 0.29) is 6.04 Å². The predicted molar refractivity (Wildman–Crippen MR) is 58.1 cm³/mol. The maximum atomic E-state index is 5.91. The minimum Gasteiger partial charge on any atom is -0.384 e. The molecule has 0 aliphatic carbocycles. The number of hydrogen-bond acceptors (Lipinski definition) is 5. The van der Waals surface area contributed by atoms with E-state index < -0.39 is 6.29 Å². The molecule has 84 valence electrons. The van der Waals surface area contributed by atoms with Gasteiger partial charge in [-0.15, -0.1) is 0 Å². The van der Waals surface area contributed by atoms with E-state index in [1.54, 1.807) is 26.5 Å². The highest BCUT2D eigenvalue weighted by molar-refractivity contribution is 5.32. The molecule has 0 fully saturated rings. The molecule has 0 radical (unpaired) electrons. The average Bonchev–Trinajstić information content (AvgIpc) is 2.19. The van der Waals surface area contributed by atoms with Crippen molar-refractivity contribution in [2.45, 2.75) is 18.8 Å². The van der Waals surface area contributed by atoms with Gasteiger partial charge in [0.15, 0.2) is 6.29 Å². The number of hydrogen-bond donors (Lipinski definition) is 2. The van der Waals surface area contributed by atoms with Crippen LogP contribution in [0.15, 0.2) is 18.3 Å². The summed E-state index contributed by atoms with van der Waals surface area (Å²) < 4.78 is 10.1. The van der Waals surface area contributed by atoms with E-state index in [0.29, 0.717) is 12.2 Å². The molecule has 15 heavy (non-hydrogen) atoms. The number of nitrogens with two attached hydrogens (primary N) is 2. The lowest BCUT2D eigenvalue weighted by molar-refractivity contribution is -0.115. The Morgan fingerprint density at radius 3 is 2.60 bits per heavy atom. The molecule has 0 bridgehead atoms. The van der Waals surface area contributed by atoms with Crippen LogP contribution in [-0.4, -0.2) is 31.5 Å². The summed E-state index contributed by atoms with van der Waals surface area (Å²) in [6.45, 7) is 0. The minimum absolute atomic E-state index is 0.221. The Balaban J connectivity index is 2.61. The van der Waals surface area contributed by atoms with E-state index >= 15 is 0 Å². The van der Waals surface area contributed by atoms with E-state index in [0.717, 1.165) is 5.56 Å². The monoisotopic (exact) mass is 211 g/mol. The number of rotatable bonds is 5. The Kier molecular flexibility index (Phi) is 4.48. The molecule has 1 heterocycles. The number of methoxy groups -OCH3 is 2. The number of pyridine rings is 1. The molecule has 0 amide bonds. The minimum atomic E-state index is -0.403.